The Morgan fingerprint density at radius 2 is 1.96 bits per heavy atom. The predicted octanol–water partition coefficient (Wildman–Crippen LogP) is 4.15. The van der Waals surface area contributed by atoms with Gasteiger partial charge in [0.1, 0.15) is 0 Å². The number of aryl methyl sites for hydroxylation is 2. The van der Waals surface area contributed by atoms with Crippen LogP contribution in [0.15, 0.2) is 18.2 Å². The lowest BCUT2D eigenvalue weighted by molar-refractivity contribution is 0.00734. The molecule has 0 radical (unpaired) electrons. The van der Waals surface area contributed by atoms with Crippen LogP contribution in [0.3, 0.4) is 0 Å². The molecule has 3 nitrogen and oxygen atoms in total. The minimum Gasteiger partial charge on any atom is -0.462 e. The van der Waals surface area contributed by atoms with E-state index in [9.17, 15) is 4.79 Å². The number of ether oxygens (including phenoxy) is 1. The number of hydrogen-bond acceptors (Lipinski definition) is 3. The first-order valence-corrected chi connectivity index (χ1v) is 8.63. The molecule has 0 saturated carbocycles. The Balaban J connectivity index is 0.00000192. The molecule has 4 heteroatoms. The molecular formula is C19H28ClNO2. The third-order valence-corrected chi connectivity index (χ3v) is 5.26. The Kier molecular flexibility index (Phi) is 6.49. The maximum atomic E-state index is 12.3. The molecule has 23 heavy (non-hydrogen) atoms. The van der Waals surface area contributed by atoms with Gasteiger partial charge in [0.15, 0.2) is 0 Å². The van der Waals surface area contributed by atoms with Crippen LogP contribution in [0, 0.1) is 19.8 Å². The summed E-state index contributed by atoms with van der Waals surface area (Å²) in [5.41, 5.74) is 2.90. The van der Waals surface area contributed by atoms with Crippen LogP contribution in [0.4, 0.5) is 0 Å². The van der Waals surface area contributed by atoms with Gasteiger partial charge < -0.3 is 4.74 Å². The van der Waals surface area contributed by atoms with E-state index in [0.29, 0.717) is 24.1 Å². The van der Waals surface area contributed by atoms with Crippen molar-refractivity contribution in [1.82, 2.24) is 4.90 Å². The molecule has 2 aliphatic rings. The van der Waals surface area contributed by atoms with E-state index in [1.54, 1.807) is 0 Å². The van der Waals surface area contributed by atoms with E-state index < -0.39 is 0 Å². The highest BCUT2D eigenvalue weighted by Crippen LogP contribution is 2.31. The Morgan fingerprint density at radius 3 is 2.74 bits per heavy atom. The fourth-order valence-electron chi connectivity index (χ4n) is 4.07. The standard InChI is InChI=1S/C19H27NO2.ClH/c1-14-8-9-17(15(2)12-14)19(21)22-13-16-6-5-11-20-10-4-3-7-18(16)20;/h8-9,12,16,18H,3-7,10-11,13H2,1-2H3;1H/t16-,18+;/m0./s1. The average Bonchev–Trinajstić information content (AvgIpc) is 2.52. The fourth-order valence-corrected chi connectivity index (χ4v) is 4.07. The van der Waals surface area contributed by atoms with Gasteiger partial charge in [-0.15, -0.1) is 12.4 Å². The van der Waals surface area contributed by atoms with E-state index in [4.69, 9.17) is 4.74 Å². The number of fused-ring (bicyclic) bond motifs is 1. The van der Waals surface area contributed by atoms with E-state index in [1.165, 1.54) is 50.8 Å². The molecule has 0 aliphatic carbocycles. The van der Waals surface area contributed by atoms with E-state index in [-0.39, 0.29) is 18.4 Å². The van der Waals surface area contributed by atoms with Gasteiger partial charge in [-0.25, -0.2) is 4.79 Å². The molecule has 2 aliphatic heterocycles. The summed E-state index contributed by atoms with van der Waals surface area (Å²) >= 11 is 0. The van der Waals surface area contributed by atoms with Crippen LogP contribution in [0.1, 0.15) is 53.6 Å². The smallest absolute Gasteiger partial charge is 0.338 e. The van der Waals surface area contributed by atoms with Crippen LogP contribution in [-0.2, 0) is 4.74 Å². The average molecular weight is 338 g/mol. The van der Waals surface area contributed by atoms with Crippen molar-refractivity contribution in [3.63, 3.8) is 0 Å². The predicted molar refractivity (Wildman–Crippen MR) is 95.4 cm³/mol. The van der Waals surface area contributed by atoms with Crippen molar-refractivity contribution in [2.45, 2.75) is 52.0 Å². The monoisotopic (exact) mass is 337 g/mol. The van der Waals surface area contributed by atoms with Crippen molar-refractivity contribution in [3.05, 3.63) is 34.9 Å². The van der Waals surface area contributed by atoms with E-state index >= 15 is 0 Å². The summed E-state index contributed by atoms with van der Waals surface area (Å²) < 4.78 is 5.67. The number of rotatable bonds is 3. The van der Waals surface area contributed by atoms with Gasteiger partial charge in [-0.05, 0) is 64.3 Å². The molecule has 0 N–H and O–H groups in total. The van der Waals surface area contributed by atoms with Gasteiger partial charge >= 0.3 is 5.97 Å². The van der Waals surface area contributed by atoms with Gasteiger partial charge in [0.05, 0.1) is 12.2 Å². The summed E-state index contributed by atoms with van der Waals surface area (Å²) in [6, 6.07) is 6.54. The van der Waals surface area contributed by atoms with E-state index in [1.807, 2.05) is 32.0 Å². The van der Waals surface area contributed by atoms with Crippen LogP contribution in [0.25, 0.3) is 0 Å². The Morgan fingerprint density at radius 1 is 1.17 bits per heavy atom. The third kappa shape index (κ3) is 4.27. The first kappa shape index (κ1) is 18.3. The molecule has 1 aromatic carbocycles. The molecule has 3 rings (SSSR count). The Labute approximate surface area is 145 Å². The molecule has 128 valence electrons. The SMILES string of the molecule is Cc1ccc(C(=O)OC[C@@H]2CCCN3CCCC[C@H]23)c(C)c1.Cl. The zero-order valence-corrected chi connectivity index (χ0v) is 15.0. The molecule has 2 fully saturated rings. The van der Waals surface area contributed by atoms with Gasteiger partial charge in [0.2, 0.25) is 0 Å². The number of esters is 1. The van der Waals surface area contributed by atoms with E-state index in [2.05, 4.69) is 4.90 Å². The number of carbonyl (C=O) groups is 1. The number of benzene rings is 1. The third-order valence-electron chi connectivity index (χ3n) is 5.26. The second-order valence-corrected chi connectivity index (χ2v) is 6.92. The zero-order chi connectivity index (χ0) is 15.5. The normalized spacial score (nSPS) is 24.4. The number of hydrogen-bond donors (Lipinski definition) is 0. The molecular weight excluding hydrogens is 310 g/mol. The van der Waals surface area contributed by atoms with Crippen LogP contribution in [-0.4, -0.2) is 36.6 Å². The van der Waals surface area contributed by atoms with Crippen molar-refractivity contribution in [2.24, 2.45) is 5.92 Å². The number of nitrogens with zero attached hydrogens (tertiary/aromatic N) is 1. The number of halogens is 1. The summed E-state index contributed by atoms with van der Waals surface area (Å²) in [5.74, 6) is 0.356. The van der Waals surface area contributed by atoms with E-state index in [0.717, 1.165) is 5.56 Å². The minimum atomic E-state index is -0.162. The van der Waals surface area contributed by atoms with Gasteiger partial charge in [0, 0.05) is 12.0 Å². The second kappa shape index (κ2) is 8.16. The first-order chi connectivity index (χ1) is 10.6. The summed E-state index contributed by atoms with van der Waals surface area (Å²) in [4.78, 5) is 15.0. The molecule has 2 saturated heterocycles. The molecule has 0 bridgehead atoms. The van der Waals surface area contributed by atoms with Crippen molar-refractivity contribution in [3.8, 4) is 0 Å². The summed E-state index contributed by atoms with van der Waals surface area (Å²) in [7, 11) is 0. The van der Waals surface area contributed by atoms with Gasteiger partial charge in [0.25, 0.3) is 0 Å². The lowest BCUT2D eigenvalue weighted by Gasteiger charge is -2.44. The summed E-state index contributed by atoms with van der Waals surface area (Å²) in [5, 5.41) is 0. The first-order valence-electron chi connectivity index (χ1n) is 8.63. The van der Waals surface area contributed by atoms with Crippen LogP contribution >= 0.6 is 12.4 Å². The molecule has 0 unspecified atom stereocenters. The van der Waals surface area contributed by atoms with Gasteiger partial charge in [-0.2, -0.15) is 0 Å². The van der Waals surface area contributed by atoms with Crippen LogP contribution < -0.4 is 0 Å². The minimum absolute atomic E-state index is 0. The Bertz CT molecular complexity index is 544. The zero-order valence-electron chi connectivity index (χ0n) is 14.2. The lowest BCUT2D eigenvalue weighted by Crippen LogP contribution is -2.49. The maximum Gasteiger partial charge on any atom is 0.338 e. The molecule has 0 spiro atoms. The quantitative estimate of drug-likeness (QED) is 0.776. The highest BCUT2D eigenvalue weighted by molar-refractivity contribution is 5.91. The van der Waals surface area contributed by atoms with Crippen molar-refractivity contribution < 1.29 is 9.53 Å². The molecule has 2 heterocycles. The summed E-state index contributed by atoms with van der Waals surface area (Å²) in [6.45, 7) is 7.06. The fraction of sp³-hybridized carbons (Fsp3) is 0.632. The van der Waals surface area contributed by atoms with Gasteiger partial charge in [-0.1, -0.05) is 24.1 Å². The van der Waals surface area contributed by atoms with Crippen LogP contribution in [0.2, 0.25) is 0 Å². The maximum absolute atomic E-state index is 12.3. The van der Waals surface area contributed by atoms with Crippen LogP contribution in [0.5, 0.6) is 0 Å². The van der Waals surface area contributed by atoms with Crippen molar-refractivity contribution in [1.29, 1.82) is 0 Å². The lowest BCUT2D eigenvalue weighted by atomic mass is 9.84. The highest BCUT2D eigenvalue weighted by Gasteiger charge is 2.33. The number of carbonyl (C=O) groups excluding carboxylic acids is 1. The largest absolute Gasteiger partial charge is 0.462 e. The van der Waals surface area contributed by atoms with Crippen molar-refractivity contribution >= 4 is 18.4 Å². The van der Waals surface area contributed by atoms with Crippen molar-refractivity contribution in [2.75, 3.05) is 19.7 Å². The second-order valence-electron chi connectivity index (χ2n) is 6.92. The Hall–Kier alpha value is -1.06. The highest BCUT2D eigenvalue weighted by atomic mass is 35.5. The number of piperidine rings is 2. The molecule has 1 aromatic rings. The van der Waals surface area contributed by atoms with Gasteiger partial charge in [-0.3, -0.25) is 4.90 Å². The molecule has 2 atom stereocenters. The summed E-state index contributed by atoms with van der Waals surface area (Å²) in [6.07, 6.45) is 6.35. The molecule has 0 amide bonds. The molecule has 0 aromatic heterocycles. The topological polar surface area (TPSA) is 29.5 Å².